The van der Waals surface area contributed by atoms with E-state index in [0.717, 1.165) is 65.1 Å². The molecule has 0 atom stereocenters. The monoisotopic (exact) mass is 930 g/mol. The minimum Gasteiger partial charge on any atom is -0.504 e. The van der Waals surface area contributed by atoms with E-state index in [9.17, 15) is 29.5 Å². The van der Waals surface area contributed by atoms with Crippen molar-refractivity contribution in [2.24, 2.45) is 0 Å². The number of rotatable bonds is 12. The quantitative estimate of drug-likeness (QED) is 0.100. The van der Waals surface area contributed by atoms with Crippen LogP contribution in [0.1, 0.15) is 103 Å². The first-order chi connectivity index (χ1) is 32.9. The molecule has 348 valence electrons. The number of carboxylic acid groups (broad SMARTS) is 2. The second kappa shape index (κ2) is 20.0. The Morgan fingerprint density at radius 2 is 1.00 bits per heavy atom. The molecule has 2 aromatic heterocycles. The predicted molar refractivity (Wildman–Crippen MR) is 266 cm³/mol. The van der Waals surface area contributed by atoms with E-state index in [1.54, 1.807) is 61.9 Å². The van der Waals surface area contributed by atoms with Gasteiger partial charge in [-0.25, -0.2) is 19.6 Å². The first-order valence-electron chi connectivity index (χ1n) is 23.4. The maximum absolute atomic E-state index is 12.4. The summed E-state index contributed by atoms with van der Waals surface area (Å²) in [5.74, 6) is 2.30. The molecule has 68 heavy (non-hydrogen) atoms. The third kappa shape index (κ3) is 10.4. The van der Waals surface area contributed by atoms with Crippen molar-refractivity contribution in [3.05, 3.63) is 150 Å². The molecule has 0 saturated heterocycles. The van der Waals surface area contributed by atoms with Crippen molar-refractivity contribution >= 4 is 41.1 Å². The Morgan fingerprint density at radius 1 is 0.574 bits per heavy atom. The maximum Gasteiger partial charge on any atom is 0.335 e. The van der Waals surface area contributed by atoms with E-state index in [1.807, 2.05) is 84.9 Å². The van der Waals surface area contributed by atoms with Crippen LogP contribution >= 0.6 is 7.14 Å². The van der Waals surface area contributed by atoms with Crippen LogP contribution in [0.5, 0.6) is 28.7 Å². The molecule has 0 bridgehead atoms. The number of phenols is 1. The maximum atomic E-state index is 12.4. The fourth-order valence-electron chi connectivity index (χ4n) is 9.57. The second-order valence-corrected chi connectivity index (χ2v) is 21.7. The summed E-state index contributed by atoms with van der Waals surface area (Å²) in [6, 6.07) is 41.1. The van der Waals surface area contributed by atoms with E-state index >= 15 is 0 Å². The Bertz CT molecular complexity index is 3140. The highest BCUT2D eigenvalue weighted by atomic mass is 31.2. The van der Waals surface area contributed by atoms with E-state index < -0.39 is 19.1 Å². The molecule has 0 spiro atoms. The molecular formula is C55H55N4O8P. The summed E-state index contributed by atoms with van der Waals surface area (Å²) in [4.78, 5) is 32.7. The van der Waals surface area contributed by atoms with Crippen LogP contribution in [0.15, 0.2) is 133 Å². The van der Waals surface area contributed by atoms with Gasteiger partial charge in [-0.05, 0) is 142 Å². The molecule has 2 aliphatic rings. The Kier molecular flexibility index (Phi) is 13.5. The summed E-state index contributed by atoms with van der Waals surface area (Å²) < 4.78 is 28.9. The minimum absolute atomic E-state index is 0.0879. The Hall–Kier alpha value is -7.17. The average Bonchev–Trinajstić information content (AvgIpc) is 3.92. The Balaban J connectivity index is 0.000000171. The number of hydrogen-bond donors (Lipinski definition) is 3. The van der Waals surface area contributed by atoms with Crippen LogP contribution in [0.3, 0.4) is 0 Å². The normalized spacial score (nSPS) is 14.6. The van der Waals surface area contributed by atoms with Gasteiger partial charge in [0.15, 0.2) is 11.5 Å². The lowest BCUT2D eigenvalue weighted by atomic mass is 9.95. The largest absolute Gasteiger partial charge is 0.504 e. The van der Waals surface area contributed by atoms with E-state index in [-0.39, 0.29) is 16.9 Å². The van der Waals surface area contributed by atoms with Gasteiger partial charge in [0.25, 0.3) is 0 Å². The van der Waals surface area contributed by atoms with Crippen molar-refractivity contribution < 1.29 is 38.9 Å². The first kappa shape index (κ1) is 46.0. The van der Waals surface area contributed by atoms with Crippen LogP contribution in [0.25, 0.3) is 44.8 Å². The number of benzene rings is 6. The SMILES string of the molecule is CP(C)(=O)Cc1ccccc1Oc1ccc(-c2nc3cc(C(=O)O)ccc3n2C2CCCCC2)cc1.O=C(O)c1ccc2c(c1)nc(-c1ccc(Oc3ccccc3O)cc1)n2C1CCCCC1. The molecule has 12 nitrogen and oxygen atoms in total. The smallest absolute Gasteiger partial charge is 0.335 e. The van der Waals surface area contributed by atoms with Crippen molar-refractivity contribution in [2.45, 2.75) is 82.5 Å². The predicted octanol–water partition coefficient (Wildman–Crippen LogP) is 14.2. The van der Waals surface area contributed by atoms with Crippen LogP contribution in [0.2, 0.25) is 0 Å². The topological polar surface area (TPSA) is 166 Å². The van der Waals surface area contributed by atoms with Gasteiger partial charge in [0.2, 0.25) is 0 Å². The first-order valence-corrected chi connectivity index (χ1v) is 26.1. The summed E-state index contributed by atoms with van der Waals surface area (Å²) in [7, 11) is -2.24. The Labute approximate surface area is 395 Å². The fourth-order valence-corrected chi connectivity index (χ4v) is 10.7. The number of aromatic nitrogens is 4. The van der Waals surface area contributed by atoms with Crippen molar-refractivity contribution in [1.82, 2.24) is 19.1 Å². The zero-order chi connectivity index (χ0) is 47.4. The third-order valence-electron chi connectivity index (χ3n) is 12.8. The minimum atomic E-state index is -2.24. The van der Waals surface area contributed by atoms with Gasteiger partial charge in [0, 0.05) is 34.9 Å². The summed E-state index contributed by atoms with van der Waals surface area (Å²) >= 11 is 0. The van der Waals surface area contributed by atoms with Crippen molar-refractivity contribution in [3.8, 4) is 51.5 Å². The fraction of sp³-hybridized carbons (Fsp3) is 0.273. The molecule has 2 fully saturated rings. The highest BCUT2D eigenvalue weighted by molar-refractivity contribution is 7.61. The number of aromatic carboxylic acids is 2. The zero-order valence-electron chi connectivity index (χ0n) is 38.3. The molecule has 6 aromatic carbocycles. The van der Waals surface area contributed by atoms with E-state index in [4.69, 9.17) is 19.4 Å². The summed E-state index contributed by atoms with van der Waals surface area (Å²) in [6.45, 7) is 3.58. The lowest BCUT2D eigenvalue weighted by Crippen LogP contribution is -2.14. The number of nitrogens with zero attached hydrogens (tertiary/aromatic N) is 4. The number of carboxylic acids is 2. The molecule has 13 heteroatoms. The average molecular weight is 931 g/mol. The third-order valence-corrected chi connectivity index (χ3v) is 13.9. The van der Waals surface area contributed by atoms with Crippen LogP contribution < -0.4 is 9.47 Å². The van der Waals surface area contributed by atoms with E-state index in [2.05, 4.69) is 9.13 Å². The van der Waals surface area contributed by atoms with Crippen molar-refractivity contribution in [3.63, 3.8) is 0 Å². The standard InChI is InChI=1S/C29H31N2O4P.C26H24N2O4/c1-36(2,34)19-22-8-6-7-11-27(22)35-24-15-12-20(13-16-24)28-30-25-18-21(29(32)33)14-17-26(25)31(28)23-9-4-3-5-10-23;29-23-8-4-5-9-24(23)32-20-13-10-17(11-14-20)25-27-21-16-18(26(30)31)12-15-22(21)28(25)19-6-2-1-3-7-19/h6-8,11-18,23H,3-5,9-10,19H2,1-2H3,(H,32,33);4-5,8-16,19,29H,1-3,6-7H2,(H,30,31). The van der Waals surface area contributed by atoms with Crippen LogP contribution in [-0.4, -0.2) is 59.7 Å². The molecular weight excluding hydrogens is 876 g/mol. The molecule has 8 aromatic rings. The highest BCUT2D eigenvalue weighted by Crippen LogP contribution is 2.44. The number of fused-ring (bicyclic) bond motifs is 2. The number of imidazole rings is 2. The molecule has 2 heterocycles. The van der Waals surface area contributed by atoms with Gasteiger partial charge < -0.3 is 38.5 Å². The van der Waals surface area contributed by atoms with Crippen molar-refractivity contribution in [1.29, 1.82) is 0 Å². The molecule has 3 N–H and O–H groups in total. The second-order valence-electron chi connectivity index (χ2n) is 18.3. The summed E-state index contributed by atoms with van der Waals surface area (Å²) in [5.41, 5.74) is 6.65. The van der Waals surface area contributed by atoms with Gasteiger partial charge in [0.05, 0.1) is 40.3 Å². The Morgan fingerprint density at radius 3 is 1.44 bits per heavy atom. The molecule has 0 amide bonds. The number of para-hydroxylation sites is 3. The molecule has 2 saturated carbocycles. The van der Waals surface area contributed by atoms with Gasteiger partial charge in [-0.1, -0.05) is 68.9 Å². The molecule has 2 aliphatic carbocycles. The molecule has 0 unspecified atom stereocenters. The molecule has 10 rings (SSSR count). The van der Waals surface area contributed by atoms with Gasteiger partial charge >= 0.3 is 11.9 Å². The lowest BCUT2D eigenvalue weighted by molar-refractivity contribution is 0.0686. The van der Waals surface area contributed by atoms with Gasteiger partial charge in [-0.3, -0.25) is 0 Å². The zero-order valence-corrected chi connectivity index (χ0v) is 39.1. The summed E-state index contributed by atoms with van der Waals surface area (Å²) in [6.07, 6.45) is 12.1. The van der Waals surface area contributed by atoms with Crippen LogP contribution in [-0.2, 0) is 10.7 Å². The van der Waals surface area contributed by atoms with Gasteiger partial charge in [-0.15, -0.1) is 0 Å². The number of carbonyl (C=O) groups is 2. The number of hydrogen-bond acceptors (Lipinski definition) is 8. The molecule has 0 aliphatic heterocycles. The number of phenolic OH excluding ortho intramolecular Hbond substituents is 1. The summed E-state index contributed by atoms with van der Waals surface area (Å²) in [5, 5.41) is 28.8. The lowest BCUT2D eigenvalue weighted by Gasteiger charge is -2.25. The van der Waals surface area contributed by atoms with Crippen molar-refractivity contribution in [2.75, 3.05) is 13.3 Å². The van der Waals surface area contributed by atoms with Crippen LogP contribution in [0, 0.1) is 0 Å². The molecule has 0 radical (unpaired) electrons. The highest BCUT2D eigenvalue weighted by Gasteiger charge is 2.25. The van der Waals surface area contributed by atoms with Gasteiger partial charge in [0.1, 0.15) is 28.9 Å². The number of ether oxygens (including phenoxy) is 2. The van der Waals surface area contributed by atoms with E-state index in [1.165, 1.54) is 38.5 Å². The van der Waals surface area contributed by atoms with E-state index in [0.29, 0.717) is 52.3 Å². The van der Waals surface area contributed by atoms with Gasteiger partial charge in [-0.2, -0.15) is 0 Å². The van der Waals surface area contributed by atoms with Crippen LogP contribution in [0.4, 0.5) is 0 Å². The number of aromatic hydroxyl groups is 1.